The number of hydrogen-bond acceptors (Lipinski definition) is 7. The quantitative estimate of drug-likeness (QED) is 0.382. The fourth-order valence-electron chi connectivity index (χ4n) is 4.23. The zero-order valence-electron chi connectivity index (χ0n) is 20.1. The van der Waals surface area contributed by atoms with Crippen LogP contribution in [0.1, 0.15) is 40.0 Å². The van der Waals surface area contributed by atoms with Crippen LogP contribution in [0.3, 0.4) is 0 Å². The number of nitrogens with zero attached hydrogens (tertiary/aromatic N) is 2. The number of nitrogen functional groups attached to an aromatic ring is 1. The van der Waals surface area contributed by atoms with Crippen molar-refractivity contribution in [3.63, 3.8) is 0 Å². The Morgan fingerprint density at radius 2 is 1.95 bits per heavy atom. The summed E-state index contributed by atoms with van der Waals surface area (Å²) in [6.07, 6.45) is 0.0823. The van der Waals surface area contributed by atoms with E-state index in [0.717, 1.165) is 6.07 Å². The Hall–Kier alpha value is -3.99. The molecule has 0 spiro atoms. The minimum atomic E-state index is -4.50. The standard InChI is InChI=1S/C26H26F3N5O3/c1-16-8-19(34-21-5-3-2-4-20(21)26(27,28)29)13-32-22(16)14-33-24(36)25(6-7-37-15-25)10-23(35)17-9-18(30)12-31-11-17/h2-5,8-9,11-13,34H,6-7,10,14-15,30H2,1H3,(H,33,36)/t25-/m0/s1. The molecule has 194 valence electrons. The number of carbonyl (C=O) groups excluding carboxylic acids is 2. The summed E-state index contributed by atoms with van der Waals surface area (Å²) in [6, 6.07) is 8.36. The van der Waals surface area contributed by atoms with E-state index in [0.29, 0.717) is 41.2 Å². The maximum absolute atomic E-state index is 13.3. The molecule has 1 atom stereocenters. The first-order chi connectivity index (χ1) is 17.6. The van der Waals surface area contributed by atoms with Gasteiger partial charge in [-0.1, -0.05) is 12.1 Å². The molecule has 3 aromatic rings. The molecule has 3 heterocycles. The molecule has 1 aliphatic heterocycles. The predicted molar refractivity (Wildman–Crippen MR) is 131 cm³/mol. The third kappa shape index (κ3) is 6.05. The number of anilines is 3. The molecule has 37 heavy (non-hydrogen) atoms. The number of ether oxygens (including phenoxy) is 1. The smallest absolute Gasteiger partial charge is 0.397 e. The Bertz CT molecular complexity index is 1310. The topological polar surface area (TPSA) is 119 Å². The van der Waals surface area contributed by atoms with Gasteiger partial charge in [-0.15, -0.1) is 0 Å². The first kappa shape index (κ1) is 26.1. The van der Waals surface area contributed by atoms with Crippen LogP contribution in [-0.4, -0.2) is 34.9 Å². The van der Waals surface area contributed by atoms with E-state index in [-0.39, 0.29) is 37.0 Å². The molecule has 1 saturated heterocycles. The molecule has 4 rings (SSSR count). The van der Waals surface area contributed by atoms with Crippen LogP contribution in [0.15, 0.2) is 55.0 Å². The Morgan fingerprint density at radius 3 is 2.62 bits per heavy atom. The molecule has 1 aliphatic rings. The maximum atomic E-state index is 13.3. The van der Waals surface area contributed by atoms with Crippen molar-refractivity contribution < 1.29 is 27.5 Å². The molecule has 1 amide bonds. The molecule has 4 N–H and O–H groups in total. The molecule has 0 bridgehead atoms. The van der Waals surface area contributed by atoms with E-state index >= 15 is 0 Å². The van der Waals surface area contributed by atoms with Crippen LogP contribution in [-0.2, 0) is 22.3 Å². The van der Waals surface area contributed by atoms with Crippen LogP contribution in [0.5, 0.6) is 0 Å². The Balaban J connectivity index is 1.43. The summed E-state index contributed by atoms with van der Waals surface area (Å²) in [7, 11) is 0. The van der Waals surface area contributed by atoms with Crippen LogP contribution in [0.2, 0.25) is 0 Å². The van der Waals surface area contributed by atoms with E-state index < -0.39 is 17.2 Å². The van der Waals surface area contributed by atoms with Gasteiger partial charge in [-0.3, -0.25) is 19.6 Å². The number of pyridine rings is 2. The van der Waals surface area contributed by atoms with Crippen molar-refractivity contribution in [3.05, 3.63) is 77.4 Å². The highest BCUT2D eigenvalue weighted by Gasteiger charge is 2.44. The molecule has 0 unspecified atom stereocenters. The van der Waals surface area contributed by atoms with Gasteiger partial charge in [0.25, 0.3) is 0 Å². The maximum Gasteiger partial charge on any atom is 0.418 e. The van der Waals surface area contributed by atoms with Crippen molar-refractivity contribution in [3.8, 4) is 0 Å². The summed E-state index contributed by atoms with van der Waals surface area (Å²) < 4.78 is 45.3. The fourth-order valence-corrected chi connectivity index (χ4v) is 4.23. The van der Waals surface area contributed by atoms with Crippen molar-refractivity contribution in [2.45, 2.75) is 32.5 Å². The minimum absolute atomic E-state index is 0.0577. The Kier molecular flexibility index (Phi) is 7.44. The van der Waals surface area contributed by atoms with Crippen LogP contribution in [0.4, 0.5) is 30.2 Å². The van der Waals surface area contributed by atoms with Gasteiger partial charge in [-0.2, -0.15) is 13.2 Å². The monoisotopic (exact) mass is 513 g/mol. The van der Waals surface area contributed by atoms with Crippen molar-refractivity contribution >= 4 is 28.8 Å². The summed E-state index contributed by atoms with van der Waals surface area (Å²) in [5.41, 5.74) is 6.11. The van der Waals surface area contributed by atoms with Gasteiger partial charge < -0.3 is 21.1 Å². The zero-order chi connectivity index (χ0) is 26.6. The lowest BCUT2D eigenvalue weighted by Gasteiger charge is -2.25. The number of ketones is 1. The van der Waals surface area contributed by atoms with E-state index in [2.05, 4.69) is 20.6 Å². The van der Waals surface area contributed by atoms with Crippen LogP contribution < -0.4 is 16.4 Å². The molecule has 1 fully saturated rings. The van der Waals surface area contributed by atoms with Crippen molar-refractivity contribution in [1.82, 2.24) is 15.3 Å². The van der Waals surface area contributed by atoms with Crippen molar-refractivity contribution in [2.24, 2.45) is 5.41 Å². The second kappa shape index (κ2) is 10.6. The van der Waals surface area contributed by atoms with Crippen LogP contribution >= 0.6 is 0 Å². The highest BCUT2D eigenvalue weighted by molar-refractivity contribution is 6.00. The number of nitrogens with one attached hydrogen (secondary N) is 2. The number of rotatable bonds is 8. The highest BCUT2D eigenvalue weighted by Crippen LogP contribution is 2.36. The number of carbonyl (C=O) groups is 2. The van der Waals surface area contributed by atoms with Gasteiger partial charge in [-0.25, -0.2) is 0 Å². The normalized spacial score (nSPS) is 17.4. The Morgan fingerprint density at radius 1 is 1.16 bits per heavy atom. The first-order valence-corrected chi connectivity index (χ1v) is 11.6. The Labute approximate surface area is 211 Å². The molecule has 2 aromatic heterocycles. The number of aryl methyl sites for hydroxylation is 1. The number of Topliss-reactive ketones (excluding diaryl/α,β-unsaturated/α-hetero) is 1. The number of amides is 1. The lowest BCUT2D eigenvalue weighted by molar-refractivity contribution is -0.137. The fraction of sp³-hybridized carbons (Fsp3) is 0.308. The van der Waals surface area contributed by atoms with Gasteiger partial charge in [0.2, 0.25) is 5.91 Å². The van der Waals surface area contributed by atoms with E-state index in [9.17, 15) is 22.8 Å². The number of hydrogen-bond donors (Lipinski definition) is 3. The molecule has 0 saturated carbocycles. The summed E-state index contributed by atoms with van der Waals surface area (Å²) in [5.74, 6) is -0.595. The van der Waals surface area contributed by atoms with Gasteiger partial charge in [0, 0.05) is 31.0 Å². The molecular weight excluding hydrogens is 487 g/mol. The molecule has 11 heteroatoms. The number of para-hydroxylation sites is 1. The predicted octanol–water partition coefficient (Wildman–Crippen LogP) is 4.43. The second-order valence-electron chi connectivity index (χ2n) is 9.03. The largest absolute Gasteiger partial charge is 0.418 e. The second-order valence-corrected chi connectivity index (χ2v) is 9.03. The van der Waals surface area contributed by atoms with E-state index in [4.69, 9.17) is 10.5 Å². The van der Waals surface area contributed by atoms with Gasteiger partial charge in [0.15, 0.2) is 5.78 Å². The van der Waals surface area contributed by atoms with Crippen LogP contribution in [0.25, 0.3) is 0 Å². The van der Waals surface area contributed by atoms with E-state index in [1.165, 1.54) is 42.9 Å². The molecule has 1 aromatic carbocycles. The number of aromatic nitrogens is 2. The molecule has 8 nitrogen and oxygen atoms in total. The number of halogens is 3. The summed E-state index contributed by atoms with van der Waals surface area (Å²) in [5, 5.41) is 5.61. The first-order valence-electron chi connectivity index (χ1n) is 11.6. The third-order valence-corrected chi connectivity index (χ3v) is 6.28. The average Bonchev–Trinajstić information content (AvgIpc) is 3.33. The lowest BCUT2D eigenvalue weighted by atomic mass is 9.80. The van der Waals surface area contributed by atoms with Gasteiger partial charge >= 0.3 is 6.18 Å². The van der Waals surface area contributed by atoms with Gasteiger partial charge in [0.05, 0.1) is 53.1 Å². The van der Waals surface area contributed by atoms with Crippen LogP contribution in [0, 0.1) is 12.3 Å². The lowest BCUT2D eigenvalue weighted by Crippen LogP contribution is -2.43. The molecule has 0 radical (unpaired) electrons. The summed E-state index contributed by atoms with van der Waals surface area (Å²) in [6.45, 7) is 2.29. The van der Waals surface area contributed by atoms with Gasteiger partial charge in [0.1, 0.15) is 0 Å². The number of nitrogens with two attached hydrogens (primary N) is 1. The average molecular weight is 514 g/mol. The zero-order valence-corrected chi connectivity index (χ0v) is 20.1. The summed E-state index contributed by atoms with van der Waals surface area (Å²) in [4.78, 5) is 34.3. The number of alkyl halides is 3. The molecule has 0 aliphatic carbocycles. The molecular formula is C26H26F3N5O3. The third-order valence-electron chi connectivity index (χ3n) is 6.28. The van der Waals surface area contributed by atoms with Gasteiger partial charge in [-0.05, 0) is 43.2 Å². The van der Waals surface area contributed by atoms with E-state index in [1.54, 1.807) is 13.0 Å². The highest BCUT2D eigenvalue weighted by atomic mass is 19.4. The SMILES string of the molecule is Cc1cc(Nc2ccccc2C(F)(F)F)cnc1CNC(=O)[C@]1(CC(=O)c2cncc(N)c2)CCOC1. The summed E-state index contributed by atoms with van der Waals surface area (Å²) >= 11 is 0. The minimum Gasteiger partial charge on any atom is -0.397 e. The van der Waals surface area contributed by atoms with Crippen molar-refractivity contribution in [2.75, 3.05) is 24.3 Å². The number of benzene rings is 1. The van der Waals surface area contributed by atoms with E-state index in [1.807, 2.05) is 0 Å². The van der Waals surface area contributed by atoms with Crippen molar-refractivity contribution in [1.29, 1.82) is 0 Å².